The summed E-state index contributed by atoms with van der Waals surface area (Å²) in [5.41, 5.74) is 1.22. The van der Waals surface area contributed by atoms with Gasteiger partial charge in [0, 0.05) is 17.1 Å². The Morgan fingerprint density at radius 3 is 2.53 bits per heavy atom. The van der Waals surface area contributed by atoms with E-state index < -0.39 is 0 Å². The fourth-order valence-electron chi connectivity index (χ4n) is 1.46. The minimum Gasteiger partial charge on any atom is -0.493 e. The molecule has 0 saturated heterocycles. The molecular weight excluding hydrogens is 262 g/mol. The topological polar surface area (TPSA) is 30.5 Å². The van der Waals surface area contributed by atoms with Gasteiger partial charge in [-0.25, -0.2) is 0 Å². The normalized spacial score (nSPS) is 11.2. The second-order valence-electron chi connectivity index (χ2n) is 5.39. The molecule has 3 nitrogen and oxygen atoms in total. The minimum absolute atomic E-state index is 0.0821. The van der Waals surface area contributed by atoms with E-state index in [4.69, 9.17) is 21.1 Å². The molecule has 0 amide bonds. The van der Waals surface area contributed by atoms with Crippen molar-refractivity contribution in [1.82, 2.24) is 5.32 Å². The summed E-state index contributed by atoms with van der Waals surface area (Å²) >= 11 is 5.68. The largest absolute Gasteiger partial charge is 0.493 e. The van der Waals surface area contributed by atoms with E-state index in [0.717, 1.165) is 12.1 Å². The zero-order valence-electron chi connectivity index (χ0n) is 12.0. The first-order valence-corrected chi connectivity index (χ1v) is 6.57. The molecule has 0 saturated carbocycles. The van der Waals surface area contributed by atoms with Crippen molar-refractivity contribution in [3.8, 4) is 11.5 Å². The van der Waals surface area contributed by atoms with Crippen molar-refractivity contribution >= 4 is 11.6 Å². The van der Waals surface area contributed by atoms with Crippen molar-refractivity contribution in [2.24, 2.45) is 0 Å². The third-order valence-corrected chi connectivity index (χ3v) is 2.54. The molecular formula is C15H22ClNO2. The second kappa shape index (κ2) is 6.83. The Kier molecular flexibility index (Phi) is 5.70. The Hall–Kier alpha value is -1.19. The number of hydrogen-bond acceptors (Lipinski definition) is 3. The number of rotatable bonds is 6. The summed E-state index contributed by atoms with van der Waals surface area (Å²) in [5, 5.41) is 3.89. The molecule has 0 bridgehead atoms. The summed E-state index contributed by atoms with van der Waals surface area (Å²) in [6, 6.07) is 5.86. The zero-order valence-corrected chi connectivity index (χ0v) is 12.8. The maximum atomic E-state index is 5.68. The molecule has 0 atom stereocenters. The fourth-order valence-corrected chi connectivity index (χ4v) is 1.52. The van der Waals surface area contributed by atoms with E-state index in [1.54, 1.807) is 7.11 Å². The van der Waals surface area contributed by atoms with Gasteiger partial charge in [0.2, 0.25) is 0 Å². The van der Waals surface area contributed by atoms with E-state index in [1.807, 2.05) is 18.2 Å². The number of hydrogen-bond donors (Lipinski definition) is 1. The molecule has 1 rings (SSSR count). The average Bonchev–Trinajstić information content (AvgIpc) is 2.33. The number of halogens is 1. The molecule has 1 N–H and O–H groups in total. The van der Waals surface area contributed by atoms with Gasteiger partial charge in [0.25, 0.3) is 0 Å². The molecule has 1 aromatic carbocycles. The first-order valence-electron chi connectivity index (χ1n) is 6.20. The number of methoxy groups -OCH3 is 1. The summed E-state index contributed by atoms with van der Waals surface area (Å²) in [7, 11) is 1.62. The van der Waals surface area contributed by atoms with E-state index >= 15 is 0 Å². The lowest BCUT2D eigenvalue weighted by molar-refractivity contribution is 0.323. The van der Waals surface area contributed by atoms with Gasteiger partial charge in [-0.3, -0.25) is 0 Å². The van der Waals surface area contributed by atoms with Crippen LogP contribution >= 0.6 is 11.6 Å². The smallest absolute Gasteiger partial charge is 0.161 e. The molecule has 0 fully saturated rings. The van der Waals surface area contributed by atoms with E-state index in [-0.39, 0.29) is 12.1 Å². The number of ether oxygens (including phenoxy) is 2. The van der Waals surface area contributed by atoms with Crippen molar-refractivity contribution in [2.75, 3.05) is 13.7 Å². The maximum Gasteiger partial charge on any atom is 0.161 e. The van der Waals surface area contributed by atoms with Crippen LogP contribution in [0.5, 0.6) is 11.5 Å². The quantitative estimate of drug-likeness (QED) is 0.863. The van der Waals surface area contributed by atoms with Crippen LogP contribution in [0.2, 0.25) is 0 Å². The summed E-state index contributed by atoms with van der Waals surface area (Å²) in [6.07, 6.45) is 0. The van der Waals surface area contributed by atoms with E-state index in [1.165, 1.54) is 0 Å². The van der Waals surface area contributed by atoms with E-state index in [9.17, 15) is 0 Å². The van der Waals surface area contributed by atoms with Gasteiger partial charge in [-0.15, -0.1) is 0 Å². The van der Waals surface area contributed by atoms with Gasteiger partial charge < -0.3 is 14.8 Å². The Morgan fingerprint density at radius 1 is 1.32 bits per heavy atom. The van der Waals surface area contributed by atoms with Gasteiger partial charge in [-0.05, 0) is 38.5 Å². The third-order valence-electron chi connectivity index (χ3n) is 2.44. The maximum absolute atomic E-state index is 5.68. The Bertz CT molecular complexity index is 438. The van der Waals surface area contributed by atoms with Crippen molar-refractivity contribution in [1.29, 1.82) is 0 Å². The molecule has 0 aromatic heterocycles. The first-order chi connectivity index (χ1) is 8.81. The number of benzene rings is 1. The van der Waals surface area contributed by atoms with Gasteiger partial charge >= 0.3 is 0 Å². The van der Waals surface area contributed by atoms with Crippen molar-refractivity contribution in [2.45, 2.75) is 32.9 Å². The predicted molar refractivity (Wildman–Crippen MR) is 80.1 cm³/mol. The van der Waals surface area contributed by atoms with Crippen LogP contribution in [0.1, 0.15) is 26.3 Å². The molecule has 0 unspecified atom stereocenters. The Morgan fingerprint density at radius 2 is 2.00 bits per heavy atom. The molecule has 19 heavy (non-hydrogen) atoms. The van der Waals surface area contributed by atoms with Gasteiger partial charge in [-0.2, -0.15) is 0 Å². The lowest BCUT2D eigenvalue weighted by Crippen LogP contribution is -2.35. The van der Waals surface area contributed by atoms with E-state index in [0.29, 0.717) is 16.5 Å². The van der Waals surface area contributed by atoms with Crippen molar-refractivity contribution in [3.05, 3.63) is 35.4 Å². The highest BCUT2D eigenvalue weighted by Crippen LogP contribution is 2.28. The molecule has 106 valence electrons. The van der Waals surface area contributed by atoms with Crippen molar-refractivity contribution in [3.63, 3.8) is 0 Å². The lowest BCUT2D eigenvalue weighted by atomic mass is 10.1. The molecule has 4 heteroatoms. The van der Waals surface area contributed by atoms with Crippen LogP contribution in [-0.2, 0) is 6.54 Å². The van der Waals surface area contributed by atoms with Gasteiger partial charge in [0.05, 0.1) is 7.11 Å². The van der Waals surface area contributed by atoms with Crippen LogP contribution in [0, 0.1) is 0 Å². The summed E-state index contributed by atoms with van der Waals surface area (Å²) in [5.74, 6) is 1.37. The summed E-state index contributed by atoms with van der Waals surface area (Å²) in [4.78, 5) is 0. The molecule has 0 aliphatic rings. The molecule has 0 aliphatic heterocycles. The van der Waals surface area contributed by atoms with Crippen molar-refractivity contribution < 1.29 is 9.47 Å². The molecule has 0 heterocycles. The van der Waals surface area contributed by atoms with Crippen LogP contribution in [-0.4, -0.2) is 19.3 Å². The highest BCUT2D eigenvalue weighted by molar-refractivity contribution is 6.29. The summed E-state index contributed by atoms with van der Waals surface area (Å²) in [6.45, 7) is 11.0. The first kappa shape index (κ1) is 15.9. The minimum atomic E-state index is 0.0821. The lowest BCUT2D eigenvalue weighted by Gasteiger charge is -2.21. The SMILES string of the molecule is C=C(Cl)COc1ccc(CNC(C)(C)C)cc1OC. The predicted octanol–water partition coefficient (Wildman–Crippen LogP) is 3.71. The highest BCUT2D eigenvalue weighted by atomic mass is 35.5. The second-order valence-corrected chi connectivity index (χ2v) is 5.93. The fraction of sp³-hybridized carbons (Fsp3) is 0.467. The van der Waals surface area contributed by atoms with Gasteiger partial charge in [-0.1, -0.05) is 24.2 Å². The Labute approximate surface area is 120 Å². The average molecular weight is 284 g/mol. The third kappa shape index (κ3) is 5.99. The molecule has 0 aliphatic carbocycles. The zero-order chi connectivity index (χ0) is 14.5. The monoisotopic (exact) mass is 283 g/mol. The van der Waals surface area contributed by atoms with Crippen LogP contribution < -0.4 is 14.8 Å². The van der Waals surface area contributed by atoms with Gasteiger partial charge in [0.15, 0.2) is 11.5 Å². The van der Waals surface area contributed by atoms with Gasteiger partial charge in [0.1, 0.15) is 6.61 Å². The molecule has 1 aromatic rings. The van der Waals surface area contributed by atoms with Crippen LogP contribution in [0.15, 0.2) is 29.8 Å². The highest BCUT2D eigenvalue weighted by Gasteiger charge is 2.10. The standard InChI is InChI=1S/C15H22ClNO2/c1-11(16)10-19-13-7-6-12(8-14(13)18-5)9-17-15(2,3)4/h6-8,17H,1,9-10H2,2-5H3. The Balaban J connectivity index is 2.75. The molecule has 0 radical (unpaired) electrons. The number of nitrogens with one attached hydrogen (secondary N) is 1. The van der Waals surface area contributed by atoms with Crippen LogP contribution in [0.4, 0.5) is 0 Å². The summed E-state index contributed by atoms with van der Waals surface area (Å²) < 4.78 is 10.8. The van der Waals surface area contributed by atoms with Crippen LogP contribution in [0.3, 0.4) is 0 Å². The molecule has 0 spiro atoms. The van der Waals surface area contributed by atoms with Crippen LogP contribution in [0.25, 0.3) is 0 Å². The van der Waals surface area contributed by atoms with E-state index in [2.05, 4.69) is 32.7 Å².